The van der Waals surface area contributed by atoms with E-state index in [0.717, 1.165) is 10.6 Å². The Labute approximate surface area is 111 Å². The summed E-state index contributed by atoms with van der Waals surface area (Å²) in [6, 6.07) is 1.42. The number of hydrogen-bond donors (Lipinski definition) is 0. The fourth-order valence-electron chi connectivity index (χ4n) is 1.46. The van der Waals surface area contributed by atoms with Gasteiger partial charge in [-0.05, 0) is 28.9 Å². The second-order valence-electron chi connectivity index (χ2n) is 3.68. The summed E-state index contributed by atoms with van der Waals surface area (Å²) in [5.41, 5.74) is 2.78. The number of nitrogens with zero attached hydrogens (tertiary/aromatic N) is 3. The van der Waals surface area contributed by atoms with E-state index in [1.807, 2.05) is 14.0 Å². The first-order valence-electron chi connectivity index (χ1n) is 4.99. The summed E-state index contributed by atoms with van der Waals surface area (Å²) in [5.74, 6) is 0.0186. The van der Waals surface area contributed by atoms with E-state index in [2.05, 4.69) is 25.9 Å². The van der Waals surface area contributed by atoms with Crippen molar-refractivity contribution in [1.82, 2.24) is 9.97 Å². The number of halogens is 2. The minimum atomic E-state index is -0.330. The molecule has 0 aliphatic rings. The monoisotopic (exact) mass is 315 g/mol. The molecule has 0 unspecified atom stereocenters. The van der Waals surface area contributed by atoms with Crippen molar-refractivity contribution in [1.29, 1.82) is 0 Å². The van der Waals surface area contributed by atoms with Crippen molar-refractivity contribution >= 4 is 33.1 Å². The number of thiazole rings is 1. The summed E-state index contributed by atoms with van der Waals surface area (Å²) in [4.78, 5) is 11.1. The molecular weight excluding hydrogens is 305 g/mol. The average molecular weight is 316 g/mol. The van der Waals surface area contributed by atoms with Crippen molar-refractivity contribution in [2.24, 2.45) is 0 Å². The Kier molecular flexibility index (Phi) is 3.73. The van der Waals surface area contributed by atoms with Crippen LogP contribution in [0.3, 0.4) is 0 Å². The second kappa shape index (κ2) is 5.10. The molecule has 0 aliphatic carbocycles. The van der Waals surface area contributed by atoms with Gasteiger partial charge in [-0.25, -0.2) is 14.4 Å². The fourth-order valence-corrected chi connectivity index (χ4v) is 2.59. The Balaban J connectivity index is 2.20. The molecule has 0 bridgehead atoms. The van der Waals surface area contributed by atoms with E-state index in [4.69, 9.17) is 0 Å². The van der Waals surface area contributed by atoms with Gasteiger partial charge in [-0.1, -0.05) is 0 Å². The van der Waals surface area contributed by atoms with Crippen molar-refractivity contribution in [2.75, 3.05) is 11.9 Å². The van der Waals surface area contributed by atoms with Crippen molar-refractivity contribution < 1.29 is 4.39 Å². The number of pyridine rings is 1. The van der Waals surface area contributed by atoms with Gasteiger partial charge >= 0.3 is 0 Å². The Morgan fingerprint density at radius 3 is 2.82 bits per heavy atom. The predicted octanol–water partition coefficient (Wildman–Crippen LogP) is 3.38. The normalized spacial score (nSPS) is 10.6. The van der Waals surface area contributed by atoms with Crippen molar-refractivity contribution in [3.63, 3.8) is 0 Å². The van der Waals surface area contributed by atoms with Gasteiger partial charge in [0.25, 0.3) is 0 Å². The fraction of sp³-hybridized carbons (Fsp3) is 0.273. The zero-order valence-corrected chi connectivity index (χ0v) is 11.8. The van der Waals surface area contributed by atoms with Crippen LogP contribution < -0.4 is 4.90 Å². The second-order valence-corrected chi connectivity index (χ2v) is 5.53. The number of rotatable bonds is 3. The molecule has 0 spiro atoms. The smallest absolute Gasteiger partial charge is 0.166 e. The summed E-state index contributed by atoms with van der Waals surface area (Å²) in [6.07, 6.45) is 1.59. The van der Waals surface area contributed by atoms with Gasteiger partial charge in [0.1, 0.15) is 0 Å². The molecule has 0 fully saturated rings. The third kappa shape index (κ3) is 2.81. The van der Waals surface area contributed by atoms with E-state index in [1.54, 1.807) is 27.9 Å². The molecule has 2 rings (SSSR count). The van der Waals surface area contributed by atoms with Gasteiger partial charge in [0.05, 0.1) is 17.7 Å². The maximum atomic E-state index is 13.7. The third-order valence-electron chi connectivity index (χ3n) is 2.38. The van der Waals surface area contributed by atoms with E-state index in [-0.39, 0.29) is 5.82 Å². The quantitative estimate of drug-likeness (QED) is 0.869. The summed E-state index contributed by atoms with van der Waals surface area (Å²) in [7, 11) is 1.82. The molecule has 0 aliphatic heterocycles. The summed E-state index contributed by atoms with van der Waals surface area (Å²) in [5, 5.41) is 0. The molecule has 3 nitrogen and oxygen atoms in total. The molecule has 0 radical (unpaired) electrons. The highest BCUT2D eigenvalue weighted by Crippen LogP contribution is 2.22. The summed E-state index contributed by atoms with van der Waals surface area (Å²) < 4.78 is 14.3. The van der Waals surface area contributed by atoms with Crippen molar-refractivity contribution in [3.8, 4) is 0 Å². The molecule has 0 aromatic carbocycles. The van der Waals surface area contributed by atoms with E-state index < -0.39 is 0 Å². The Morgan fingerprint density at radius 2 is 2.24 bits per heavy atom. The Hall–Kier alpha value is -1.01. The minimum absolute atomic E-state index is 0.330. The number of anilines is 1. The highest BCUT2D eigenvalue weighted by molar-refractivity contribution is 9.10. The molecule has 0 amide bonds. The Morgan fingerprint density at radius 1 is 1.47 bits per heavy atom. The van der Waals surface area contributed by atoms with Gasteiger partial charge < -0.3 is 4.90 Å². The van der Waals surface area contributed by atoms with Crippen LogP contribution in [0.1, 0.15) is 10.6 Å². The van der Waals surface area contributed by atoms with Crippen LogP contribution in [-0.2, 0) is 6.54 Å². The van der Waals surface area contributed by atoms with Gasteiger partial charge in [-0.15, -0.1) is 11.3 Å². The summed E-state index contributed by atoms with van der Waals surface area (Å²) >= 11 is 4.76. The van der Waals surface area contributed by atoms with Gasteiger partial charge in [-0.3, -0.25) is 0 Å². The van der Waals surface area contributed by atoms with Crippen LogP contribution in [0.5, 0.6) is 0 Å². The molecule has 0 N–H and O–H groups in total. The molecule has 0 atom stereocenters. The van der Waals surface area contributed by atoms with E-state index >= 15 is 0 Å². The van der Waals surface area contributed by atoms with Crippen LogP contribution in [0.25, 0.3) is 0 Å². The van der Waals surface area contributed by atoms with Crippen LogP contribution in [0.4, 0.5) is 10.2 Å². The minimum Gasteiger partial charge on any atom is -0.352 e. The first-order chi connectivity index (χ1) is 8.08. The molecule has 2 aromatic rings. The maximum Gasteiger partial charge on any atom is 0.166 e. The van der Waals surface area contributed by atoms with Crippen LogP contribution in [-0.4, -0.2) is 17.0 Å². The van der Waals surface area contributed by atoms with Gasteiger partial charge in [0.2, 0.25) is 0 Å². The first-order valence-corrected chi connectivity index (χ1v) is 6.66. The van der Waals surface area contributed by atoms with E-state index in [1.165, 1.54) is 6.07 Å². The SMILES string of the molecule is Cc1ncsc1CN(C)c1ncc(Br)cc1F. The van der Waals surface area contributed by atoms with Gasteiger partial charge in [-0.2, -0.15) is 0 Å². The molecule has 0 saturated carbocycles. The Bertz CT molecular complexity index is 529. The van der Waals surface area contributed by atoms with Gasteiger partial charge in [0.15, 0.2) is 11.6 Å². The highest BCUT2D eigenvalue weighted by atomic mass is 79.9. The van der Waals surface area contributed by atoms with E-state index in [0.29, 0.717) is 16.8 Å². The summed E-state index contributed by atoms with van der Waals surface area (Å²) in [6.45, 7) is 2.56. The lowest BCUT2D eigenvalue weighted by Crippen LogP contribution is -2.18. The van der Waals surface area contributed by atoms with Crippen LogP contribution >= 0.6 is 27.3 Å². The predicted molar refractivity (Wildman–Crippen MR) is 70.9 cm³/mol. The molecule has 90 valence electrons. The highest BCUT2D eigenvalue weighted by Gasteiger charge is 2.12. The van der Waals surface area contributed by atoms with Gasteiger partial charge in [0, 0.05) is 22.6 Å². The lowest BCUT2D eigenvalue weighted by atomic mass is 10.3. The number of aromatic nitrogens is 2. The molecule has 6 heteroatoms. The van der Waals surface area contributed by atoms with Crippen LogP contribution in [0, 0.1) is 12.7 Å². The lowest BCUT2D eigenvalue weighted by molar-refractivity contribution is 0.614. The zero-order valence-electron chi connectivity index (χ0n) is 9.44. The molecule has 0 saturated heterocycles. The molecule has 2 heterocycles. The van der Waals surface area contributed by atoms with Crippen LogP contribution in [0.2, 0.25) is 0 Å². The van der Waals surface area contributed by atoms with E-state index in [9.17, 15) is 4.39 Å². The van der Waals surface area contributed by atoms with Crippen LogP contribution in [0.15, 0.2) is 22.2 Å². The van der Waals surface area contributed by atoms with Crippen molar-refractivity contribution in [3.05, 3.63) is 38.6 Å². The van der Waals surface area contributed by atoms with Crippen molar-refractivity contribution in [2.45, 2.75) is 13.5 Å². The standard InChI is InChI=1S/C11H11BrFN3S/c1-7-10(17-6-15-7)5-16(2)11-9(13)3-8(12)4-14-11/h3-4,6H,5H2,1-2H3. The zero-order chi connectivity index (χ0) is 12.4. The molecule has 17 heavy (non-hydrogen) atoms. The maximum absolute atomic E-state index is 13.7. The lowest BCUT2D eigenvalue weighted by Gasteiger charge is -2.18. The third-order valence-corrected chi connectivity index (χ3v) is 3.73. The molecular formula is C11H11BrFN3S. The average Bonchev–Trinajstić information content (AvgIpc) is 2.64. The largest absolute Gasteiger partial charge is 0.352 e. The number of aryl methyl sites for hydroxylation is 1. The molecule has 2 aromatic heterocycles. The number of hydrogen-bond acceptors (Lipinski definition) is 4. The topological polar surface area (TPSA) is 29.0 Å². The first kappa shape index (κ1) is 12.4.